The van der Waals surface area contributed by atoms with Crippen LogP contribution in [0.3, 0.4) is 0 Å². The van der Waals surface area contributed by atoms with Crippen LogP contribution in [0.5, 0.6) is 0 Å². The fourth-order valence-corrected chi connectivity index (χ4v) is 2.51. The summed E-state index contributed by atoms with van der Waals surface area (Å²) in [5.41, 5.74) is 0.127. The molecule has 1 nitrogen and oxygen atoms in total. The molecule has 0 N–H and O–H groups in total. The summed E-state index contributed by atoms with van der Waals surface area (Å²) in [6, 6.07) is 2.55. The van der Waals surface area contributed by atoms with E-state index in [9.17, 15) is 0 Å². The van der Waals surface area contributed by atoms with Crippen LogP contribution >= 0.6 is 0 Å². The van der Waals surface area contributed by atoms with Gasteiger partial charge in [-0.2, -0.15) is 5.26 Å². The second-order valence-corrected chi connectivity index (χ2v) is 4.72. The lowest BCUT2D eigenvalue weighted by Gasteiger charge is -2.42. The second-order valence-electron chi connectivity index (χ2n) is 4.72. The lowest BCUT2D eigenvalue weighted by atomic mass is 9.60. The summed E-state index contributed by atoms with van der Waals surface area (Å²) in [6.45, 7) is 2.24. The van der Waals surface area contributed by atoms with E-state index in [0.29, 0.717) is 0 Å². The van der Waals surface area contributed by atoms with Crippen molar-refractivity contribution in [3.63, 3.8) is 0 Å². The van der Waals surface area contributed by atoms with Gasteiger partial charge in [-0.05, 0) is 31.1 Å². The van der Waals surface area contributed by atoms with E-state index in [4.69, 9.17) is 5.26 Å². The van der Waals surface area contributed by atoms with E-state index in [1.807, 2.05) is 0 Å². The average molecular weight is 163 g/mol. The number of nitriles is 1. The first-order valence-electron chi connectivity index (χ1n) is 5.19. The molecule has 0 spiro atoms. The van der Waals surface area contributed by atoms with Crippen molar-refractivity contribution in [3.05, 3.63) is 0 Å². The number of nitrogens with zero attached hydrogens (tertiary/aromatic N) is 1. The zero-order valence-electron chi connectivity index (χ0n) is 7.84. The fraction of sp³-hybridized carbons (Fsp3) is 0.909. The van der Waals surface area contributed by atoms with Crippen LogP contribution in [0.4, 0.5) is 0 Å². The molecular weight excluding hydrogens is 146 g/mol. The van der Waals surface area contributed by atoms with E-state index in [1.54, 1.807) is 0 Å². The van der Waals surface area contributed by atoms with Gasteiger partial charge in [0, 0.05) is 0 Å². The molecule has 0 saturated heterocycles. The highest BCUT2D eigenvalue weighted by Crippen LogP contribution is 2.54. The molecule has 66 valence electrons. The SMILES string of the molecule is CC[C@H]1C[C@](C#N)(CC2CC2)C1. The molecule has 0 unspecified atom stereocenters. The molecule has 1 heteroatoms. The predicted octanol–water partition coefficient (Wildman–Crippen LogP) is 3.12. The van der Waals surface area contributed by atoms with E-state index in [0.717, 1.165) is 11.8 Å². The summed E-state index contributed by atoms with van der Waals surface area (Å²) in [4.78, 5) is 0. The summed E-state index contributed by atoms with van der Waals surface area (Å²) in [7, 11) is 0. The molecule has 0 amide bonds. The van der Waals surface area contributed by atoms with Crippen molar-refractivity contribution in [2.45, 2.75) is 45.4 Å². The van der Waals surface area contributed by atoms with Gasteiger partial charge >= 0.3 is 0 Å². The van der Waals surface area contributed by atoms with Crippen molar-refractivity contribution in [3.8, 4) is 6.07 Å². The summed E-state index contributed by atoms with van der Waals surface area (Å²) in [5, 5.41) is 9.08. The van der Waals surface area contributed by atoms with Gasteiger partial charge in [0.2, 0.25) is 0 Å². The van der Waals surface area contributed by atoms with Crippen molar-refractivity contribution < 1.29 is 0 Å². The van der Waals surface area contributed by atoms with E-state index < -0.39 is 0 Å². The smallest absolute Gasteiger partial charge is 0.0690 e. The van der Waals surface area contributed by atoms with E-state index in [2.05, 4.69) is 13.0 Å². The van der Waals surface area contributed by atoms with Gasteiger partial charge in [0.05, 0.1) is 11.5 Å². The van der Waals surface area contributed by atoms with Crippen molar-refractivity contribution in [2.75, 3.05) is 0 Å². The van der Waals surface area contributed by atoms with Crippen molar-refractivity contribution in [1.29, 1.82) is 5.26 Å². The maximum absolute atomic E-state index is 9.08. The van der Waals surface area contributed by atoms with Gasteiger partial charge in [0.1, 0.15) is 0 Å². The lowest BCUT2D eigenvalue weighted by molar-refractivity contribution is 0.0960. The van der Waals surface area contributed by atoms with Crippen LogP contribution in [0, 0.1) is 28.6 Å². The zero-order chi connectivity index (χ0) is 8.60. The molecule has 0 aromatic carbocycles. The Kier molecular flexibility index (Phi) is 1.87. The fourth-order valence-electron chi connectivity index (χ4n) is 2.51. The monoisotopic (exact) mass is 163 g/mol. The molecule has 0 atom stereocenters. The molecule has 2 rings (SSSR count). The van der Waals surface area contributed by atoms with Crippen molar-refractivity contribution >= 4 is 0 Å². The number of hydrogen-bond acceptors (Lipinski definition) is 1. The van der Waals surface area contributed by atoms with Gasteiger partial charge in [0.15, 0.2) is 0 Å². The first-order valence-corrected chi connectivity index (χ1v) is 5.19. The van der Waals surface area contributed by atoms with E-state index >= 15 is 0 Å². The largest absolute Gasteiger partial charge is 0.198 e. The quantitative estimate of drug-likeness (QED) is 0.627. The molecule has 12 heavy (non-hydrogen) atoms. The molecule has 0 bridgehead atoms. The Morgan fingerprint density at radius 3 is 2.42 bits per heavy atom. The lowest BCUT2D eigenvalue weighted by Crippen LogP contribution is -2.36. The molecule has 0 aromatic rings. The predicted molar refractivity (Wildman–Crippen MR) is 48.4 cm³/mol. The first-order chi connectivity index (χ1) is 5.78. The third kappa shape index (κ3) is 1.35. The molecular formula is C11H17N. The highest BCUT2D eigenvalue weighted by Gasteiger charge is 2.46. The van der Waals surface area contributed by atoms with Crippen LogP contribution in [-0.4, -0.2) is 0 Å². The molecule has 2 saturated carbocycles. The van der Waals surface area contributed by atoms with Gasteiger partial charge in [-0.15, -0.1) is 0 Å². The standard InChI is InChI=1S/C11H17N/c1-2-9-5-11(6-9,8-12)7-10-3-4-10/h9-10H,2-7H2,1H3/t9-,11+. The van der Waals surface area contributed by atoms with Crippen LogP contribution in [0.15, 0.2) is 0 Å². The minimum Gasteiger partial charge on any atom is -0.198 e. The topological polar surface area (TPSA) is 23.8 Å². The Bertz CT molecular complexity index is 204. The van der Waals surface area contributed by atoms with Crippen LogP contribution in [0.1, 0.15) is 45.4 Å². The van der Waals surface area contributed by atoms with Crippen LogP contribution in [-0.2, 0) is 0 Å². The van der Waals surface area contributed by atoms with E-state index in [-0.39, 0.29) is 5.41 Å². The molecule has 2 fully saturated rings. The second kappa shape index (κ2) is 2.76. The van der Waals surface area contributed by atoms with Crippen molar-refractivity contribution in [2.24, 2.45) is 17.3 Å². The summed E-state index contributed by atoms with van der Waals surface area (Å²) >= 11 is 0. The minimum absolute atomic E-state index is 0.127. The summed E-state index contributed by atoms with van der Waals surface area (Å²) in [5.74, 6) is 1.78. The minimum atomic E-state index is 0.127. The Balaban J connectivity index is 1.86. The van der Waals surface area contributed by atoms with Gasteiger partial charge < -0.3 is 0 Å². The number of hydrogen-bond donors (Lipinski definition) is 0. The zero-order valence-corrected chi connectivity index (χ0v) is 7.84. The van der Waals surface area contributed by atoms with Gasteiger partial charge in [0.25, 0.3) is 0 Å². The van der Waals surface area contributed by atoms with Gasteiger partial charge in [-0.3, -0.25) is 0 Å². The summed E-state index contributed by atoms with van der Waals surface area (Å²) < 4.78 is 0. The Labute approximate surface area is 74.8 Å². The van der Waals surface area contributed by atoms with Gasteiger partial charge in [-0.1, -0.05) is 26.2 Å². The maximum Gasteiger partial charge on any atom is 0.0690 e. The summed E-state index contributed by atoms with van der Waals surface area (Å²) in [6.07, 6.45) is 7.64. The Hall–Kier alpha value is -0.510. The van der Waals surface area contributed by atoms with Crippen LogP contribution in [0.25, 0.3) is 0 Å². The number of rotatable bonds is 3. The van der Waals surface area contributed by atoms with Crippen LogP contribution < -0.4 is 0 Å². The van der Waals surface area contributed by atoms with Gasteiger partial charge in [-0.25, -0.2) is 0 Å². The molecule has 0 radical (unpaired) electrons. The first kappa shape index (κ1) is 8.10. The third-order valence-electron chi connectivity index (χ3n) is 3.55. The molecule has 2 aliphatic rings. The third-order valence-corrected chi connectivity index (χ3v) is 3.55. The molecule has 2 aliphatic carbocycles. The Morgan fingerprint density at radius 2 is 2.00 bits per heavy atom. The molecule has 0 heterocycles. The van der Waals surface area contributed by atoms with Crippen molar-refractivity contribution in [1.82, 2.24) is 0 Å². The molecule has 0 aliphatic heterocycles. The average Bonchev–Trinajstić information content (AvgIpc) is 2.79. The maximum atomic E-state index is 9.08. The molecule has 0 aromatic heterocycles. The Morgan fingerprint density at radius 1 is 1.33 bits per heavy atom. The highest BCUT2D eigenvalue weighted by atomic mass is 14.5. The van der Waals surface area contributed by atoms with E-state index in [1.165, 1.54) is 38.5 Å². The highest BCUT2D eigenvalue weighted by molar-refractivity contribution is 5.09. The van der Waals surface area contributed by atoms with Crippen LogP contribution in [0.2, 0.25) is 0 Å². The normalized spacial score (nSPS) is 40.2.